The van der Waals surface area contributed by atoms with Crippen molar-refractivity contribution in [1.82, 2.24) is 14.6 Å². The van der Waals surface area contributed by atoms with Gasteiger partial charge in [-0.05, 0) is 20.8 Å². The molecule has 0 aliphatic rings. The number of aryl methyl sites for hydroxylation is 1. The molecule has 114 valence electrons. The first-order chi connectivity index (χ1) is 9.86. The number of ether oxygens (including phenoxy) is 1. The third-order valence-electron chi connectivity index (χ3n) is 2.71. The van der Waals surface area contributed by atoms with Crippen LogP contribution >= 0.6 is 11.5 Å². The van der Waals surface area contributed by atoms with Gasteiger partial charge in [-0.25, -0.2) is 13.2 Å². The minimum Gasteiger partial charge on any atom is -0.461 e. The lowest BCUT2D eigenvalue weighted by Gasteiger charge is -2.06. The Balaban J connectivity index is 2.42. The number of nitrogens with one attached hydrogen (secondary N) is 2. The summed E-state index contributed by atoms with van der Waals surface area (Å²) in [4.78, 5) is 14.6. The molecule has 0 fully saturated rings. The van der Waals surface area contributed by atoms with E-state index in [-0.39, 0.29) is 17.2 Å². The fourth-order valence-electron chi connectivity index (χ4n) is 1.94. The van der Waals surface area contributed by atoms with E-state index in [2.05, 4.69) is 19.3 Å². The van der Waals surface area contributed by atoms with Gasteiger partial charge in [0, 0.05) is 22.8 Å². The minimum absolute atomic E-state index is 0.0268. The van der Waals surface area contributed by atoms with Gasteiger partial charge >= 0.3 is 5.97 Å². The monoisotopic (exact) mass is 330 g/mol. The average Bonchev–Trinajstić information content (AvgIpc) is 2.97. The number of aromatic amines is 1. The lowest BCUT2D eigenvalue weighted by atomic mass is 10.2. The molecule has 10 heteroatoms. The van der Waals surface area contributed by atoms with Crippen molar-refractivity contribution in [3.05, 3.63) is 23.1 Å². The van der Waals surface area contributed by atoms with Crippen molar-refractivity contribution in [3.63, 3.8) is 0 Å². The molecule has 0 aliphatic heterocycles. The molecule has 0 atom stereocenters. The van der Waals surface area contributed by atoms with Gasteiger partial charge in [0.1, 0.15) is 15.6 Å². The fraction of sp³-hybridized carbons (Fsp3) is 0.364. The van der Waals surface area contributed by atoms with Crippen LogP contribution in [0.25, 0.3) is 0 Å². The summed E-state index contributed by atoms with van der Waals surface area (Å²) >= 11 is 0.924. The van der Waals surface area contributed by atoms with E-state index < -0.39 is 16.0 Å². The Labute approximate surface area is 125 Å². The molecule has 0 aliphatic carbocycles. The highest BCUT2D eigenvalue weighted by Crippen LogP contribution is 2.26. The van der Waals surface area contributed by atoms with Crippen LogP contribution in [0.2, 0.25) is 0 Å². The number of carbonyl (C=O) groups excluding carboxylic acids is 1. The summed E-state index contributed by atoms with van der Waals surface area (Å²) in [6, 6.07) is 0. The first-order valence-electron chi connectivity index (χ1n) is 6.03. The molecule has 0 bridgehead atoms. The smallest absolute Gasteiger partial charge is 0.355 e. The highest BCUT2D eigenvalue weighted by molar-refractivity contribution is 7.93. The average molecular weight is 330 g/mol. The van der Waals surface area contributed by atoms with Crippen molar-refractivity contribution in [3.8, 4) is 0 Å². The molecule has 8 nitrogen and oxygen atoms in total. The zero-order valence-electron chi connectivity index (χ0n) is 11.6. The molecule has 0 aromatic carbocycles. The molecule has 0 saturated heterocycles. The molecule has 0 spiro atoms. The van der Waals surface area contributed by atoms with Gasteiger partial charge in [0.2, 0.25) is 0 Å². The van der Waals surface area contributed by atoms with Crippen molar-refractivity contribution in [1.29, 1.82) is 0 Å². The van der Waals surface area contributed by atoms with Crippen molar-refractivity contribution < 1.29 is 17.9 Å². The highest BCUT2D eigenvalue weighted by Gasteiger charge is 2.27. The Morgan fingerprint density at radius 1 is 1.48 bits per heavy atom. The second-order valence-corrected chi connectivity index (χ2v) is 6.59. The Morgan fingerprint density at radius 2 is 2.19 bits per heavy atom. The van der Waals surface area contributed by atoms with Gasteiger partial charge in [-0.3, -0.25) is 4.72 Å². The summed E-state index contributed by atoms with van der Waals surface area (Å²) in [5.41, 5.74) is 0.814. The van der Waals surface area contributed by atoms with Crippen LogP contribution in [0.3, 0.4) is 0 Å². The zero-order valence-corrected chi connectivity index (χ0v) is 13.3. The topological polar surface area (TPSA) is 114 Å². The van der Waals surface area contributed by atoms with E-state index in [1.54, 1.807) is 20.8 Å². The summed E-state index contributed by atoms with van der Waals surface area (Å²) in [6.07, 6.45) is 1.31. The number of aromatic nitrogens is 3. The lowest BCUT2D eigenvalue weighted by Crippen LogP contribution is -2.14. The van der Waals surface area contributed by atoms with Gasteiger partial charge in [0.15, 0.2) is 0 Å². The number of hydrogen-bond donors (Lipinski definition) is 2. The second-order valence-electron chi connectivity index (χ2n) is 4.19. The van der Waals surface area contributed by atoms with Crippen LogP contribution < -0.4 is 4.72 Å². The van der Waals surface area contributed by atoms with E-state index >= 15 is 0 Å². The predicted molar refractivity (Wildman–Crippen MR) is 76.9 cm³/mol. The van der Waals surface area contributed by atoms with E-state index in [1.807, 2.05) is 0 Å². The number of rotatable bonds is 5. The maximum atomic E-state index is 12.4. The Kier molecular flexibility index (Phi) is 4.28. The van der Waals surface area contributed by atoms with Crippen LogP contribution in [0.4, 0.5) is 5.00 Å². The Hall–Kier alpha value is -1.94. The molecule has 21 heavy (non-hydrogen) atoms. The van der Waals surface area contributed by atoms with E-state index in [4.69, 9.17) is 4.74 Å². The van der Waals surface area contributed by atoms with Gasteiger partial charge in [0.05, 0.1) is 12.8 Å². The molecule has 0 radical (unpaired) electrons. The molecule has 2 aromatic heterocycles. The Morgan fingerprint density at radius 3 is 2.76 bits per heavy atom. The van der Waals surface area contributed by atoms with Crippen molar-refractivity contribution in [2.75, 3.05) is 11.3 Å². The normalized spacial score (nSPS) is 11.4. The summed E-state index contributed by atoms with van der Waals surface area (Å²) in [7, 11) is -3.83. The standard InChI is InChI=1S/C11H14N4O4S2/c1-4-19-11(16)9-6(2)10(7(3)13-9)21(17,18)14-8-5-12-15-20-8/h5,13-14H,4H2,1-3H3. The number of carbonyl (C=O) groups is 1. The SMILES string of the molecule is CCOC(=O)c1[nH]c(C)c(S(=O)(=O)Nc2cnns2)c1C. The molecule has 2 heterocycles. The molecule has 0 unspecified atom stereocenters. The third kappa shape index (κ3) is 3.05. The van der Waals surface area contributed by atoms with Gasteiger partial charge in [0.25, 0.3) is 10.0 Å². The van der Waals surface area contributed by atoms with Crippen LogP contribution in [0.15, 0.2) is 11.1 Å². The largest absolute Gasteiger partial charge is 0.461 e. The minimum atomic E-state index is -3.83. The molecular formula is C11H14N4O4S2. The maximum Gasteiger partial charge on any atom is 0.355 e. The Bertz CT molecular complexity index is 750. The summed E-state index contributed by atoms with van der Waals surface area (Å²) in [5.74, 6) is -0.584. The summed E-state index contributed by atoms with van der Waals surface area (Å²) in [6.45, 7) is 5.02. The number of nitrogens with zero attached hydrogens (tertiary/aromatic N) is 2. The second kappa shape index (κ2) is 5.82. The third-order valence-corrected chi connectivity index (χ3v) is 5.06. The zero-order chi connectivity index (χ0) is 15.6. The summed E-state index contributed by atoms with van der Waals surface area (Å²) in [5, 5.41) is 3.86. The number of hydrogen-bond acceptors (Lipinski definition) is 7. The molecule has 2 aromatic rings. The van der Waals surface area contributed by atoms with Crippen LogP contribution in [0.1, 0.15) is 28.7 Å². The van der Waals surface area contributed by atoms with Crippen molar-refractivity contribution in [2.45, 2.75) is 25.7 Å². The predicted octanol–water partition coefficient (Wildman–Crippen LogP) is 1.46. The summed E-state index contributed by atoms with van der Waals surface area (Å²) < 4.78 is 35.7. The molecule has 2 N–H and O–H groups in total. The first-order valence-corrected chi connectivity index (χ1v) is 8.29. The van der Waals surface area contributed by atoms with Gasteiger partial charge < -0.3 is 9.72 Å². The number of esters is 1. The number of H-pyrrole nitrogens is 1. The molecule has 2 rings (SSSR count). The number of sulfonamides is 1. The van der Waals surface area contributed by atoms with E-state index in [0.29, 0.717) is 16.3 Å². The quantitative estimate of drug-likeness (QED) is 0.802. The molecular weight excluding hydrogens is 316 g/mol. The molecule has 0 saturated carbocycles. The first kappa shape index (κ1) is 15.4. The van der Waals surface area contributed by atoms with E-state index in [0.717, 1.165) is 11.5 Å². The van der Waals surface area contributed by atoms with Crippen molar-refractivity contribution >= 4 is 32.5 Å². The van der Waals surface area contributed by atoms with Crippen molar-refractivity contribution in [2.24, 2.45) is 0 Å². The van der Waals surface area contributed by atoms with Crippen LogP contribution in [0.5, 0.6) is 0 Å². The van der Waals surface area contributed by atoms with E-state index in [1.165, 1.54) is 6.20 Å². The van der Waals surface area contributed by atoms with Gasteiger partial charge in [-0.2, -0.15) is 0 Å². The molecule has 0 amide bonds. The van der Waals surface area contributed by atoms with Gasteiger partial charge in [-0.15, -0.1) is 5.10 Å². The highest BCUT2D eigenvalue weighted by atomic mass is 32.2. The van der Waals surface area contributed by atoms with Crippen LogP contribution in [0, 0.1) is 13.8 Å². The fourth-order valence-corrected chi connectivity index (χ4v) is 4.07. The van der Waals surface area contributed by atoms with Crippen LogP contribution in [-0.4, -0.2) is 35.6 Å². The number of anilines is 1. The van der Waals surface area contributed by atoms with Crippen LogP contribution in [-0.2, 0) is 14.8 Å². The lowest BCUT2D eigenvalue weighted by molar-refractivity contribution is 0.0519. The maximum absolute atomic E-state index is 12.4. The van der Waals surface area contributed by atoms with Gasteiger partial charge in [-0.1, -0.05) is 4.49 Å². The van der Waals surface area contributed by atoms with E-state index in [9.17, 15) is 13.2 Å².